The third kappa shape index (κ3) is 4.80. The molecule has 164 valence electrons. The third-order valence-corrected chi connectivity index (χ3v) is 5.82. The molecular formula is C25H30N2O4. The molecule has 2 aromatic rings. The SMILES string of the molecule is CCN(CC)CCCN1C(=O)C(=O)C(=C(O)c2ccc(C)cc2)C1c1cccc(O)c1. The lowest BCUT2D eigenvalue weighted by Gasteiger charge is -2.27. The Balaban J connectivity index is 2.02. The molecule has 1 aliphatic heterocycles. The van der Waals surface area contributed by atoms with Gasteiger partial charge in [0.15, 0.2) is 0 Å². The maximum atomic E-state index is 13.0. The lowest BCUT2D eigenvalue weighted by atomic mass is 9.95. The number of phenolic OH excluding ortho intramolecular Hbond substituents is 1. The Morgan fingerprint density at radius 1 is 1.06 bits per heavy atom. The molecule has 31 heavy (non-hydrogen) atoms. The fourth-order valence-corrected chi connectivity index (χ4v) is 4.02. The van der Waals surface area contributed by atoms with Crippen molar-refractivity contribution in [1.82, 2.24) is 9.80 Å². The van der Waals surface area contributed by atoms with Crippen molar-refractivity contribution in [3.05, 3.63) is 70.8 Å². The molecule has 1 saturated heterocycles. The highest BCUT2D eigenvalue weighted by Gasteiger charge is 2.45. The van der Waals surface area contributed by atoms with Gasteiger partial charge < -0.3 is 20.0 Å². The number of hydrogen-bond acceptors (Lipinski definition) is 5. The number of hydrogen-bond donors (Lipinski definition) is 2. The van der Waals surface area contributed by atoms with E-state index in [1.165, 1.54) is 17.0 Å². The quantitative estimate of drug-likeness (QED) is 0.384. The Morgan fingerprint density at radius 2 is 1.74 bits per heavy atom. The van der Waals surface area contributed by atoms with Crippen LogP contribution in [0, 0.1) is 6.92 Å². The summed E-state index contributed by atoms with van der Waals surface area (Å²) in [5.41, 5.74) is 2.16. The molecule has 6 nitrogen and oxygen atoms in total. The van der Waals surface area contributed by atoms with Crippen LogP contribution in [0.4, 0.5) is 0 Å². The maximum Gasteiger partial charge on any atom is 0.295 e. The second-order valence-electron chi connectivity index (χ2n) is 7.83. The van der Waals surface area contributed by atoms with Crippen molar-refractivity contribution in [2.45, 2.75) is 33.2 Å². The van der Waals surface area contributed by atoms with E-state index in [4.69, 9.17) is 0 Å². The summed E-state index contributed by atoms with van der Waals surface area (Å²) in [5, 5.41) is 21.0. The molecule has 0 aromatic heterocycles. The fourth-order valence-electron chi connectivity index (χ4n) is 4.02. The second kappa shape index (κ2) is 9.79. The van der Waals surface area contributed by atoms with Crippen LogP contribution >= 0.6 is 0 Å². The van der Waals surface area contributed by atoms with Gasteiger partial charge in [-0.2, -0.15) is 0 Å². The predicted octanol–water partition coefficient (Wildman–Crippen LogP) is 3.85. The normalized spacial score (nSPS) is 18.2. The van der Waals surface area contributed by atoms with Gasteiger partial charge in [0.1, 0.15) is 11.5 Å². The number of ketones is 1. The van der Waals surface area contributed by atoms with Gasteiger partial charge in [-0.05, 0) is 50.7 Å². The smallest absolute Gasteiger partial charge is 0.295 e. The molecule has 6 heteroatoms. The Hall–Kier alpha value is -3.12. The van der Waals surface area contributed by atoms with Crippen LogP contribution in [0.1, 0.15) is 43.0 Å². The van der Waals surface area contributed by atoms with Gasteiger partial charge >= 0.3 is 0 Å². The molecule has 1 aliphatic rings. The minimum Gasteiger partial charge on any atom is -0.508 e. The van der Waals surface area contributed by atoms with Crippen molar-refractivity contribution in [1.29, 1.82) is 0 Å². The summed E-state index contributed by atoms with van der Waals surface area (Å²) in [7, 11) is 0. The Labute approximate surface area is 183 Å². The van der Waals surface area contributed by atoms with Crippen molar-refractivity contribution < 1.29 is 19.8 Å². The van der Waals surface area contributed by atoms with Crippen LogP contribution in [0.25, 0.3) is 5.76 Å². The monoisotopic (exact) mass is 422 g/mol. The average Bonchev–Trinajstić information content (AvgIpc) is 3.01. The minimum atomic E-state index is -0.745. The average molecular weight is 423 g/mol. The summed E-state index contributed by atoms with van der Waals surface area (Å²) in [6.45, 7) is 9.13. The number of Topliss-reactive ketones (excluding diaryl/α,β-unsaturated/α-hetero) is 1. The zero-order valence-electron chi connectivity index (χ0n) is 18.3. The van der Waals surface area contributed by atoms with E-state index >= 15 is 0 Å². The number of aromatic hydroxyl groups is 1. The van der Waals surface area contributed by atoms with Gasteiger partial charge in [0.2, 0.25) is 0 Å². The summed E-state index contributed by atoms with van der Waals surface area (Å²) in [6, 6.07) is 12.9. The first-order chi connectivity index (χ1) is 14.9. The van der Waals surface area contributed by atoms with Crippen molar-refractivity contribution in [2.24, 2.45) is 0 Å². The number of aryl methyl sites for hydroxylation is 1. The Morgan fingerprint density at radius 3 is 2.35 bits per heavy atom. The van der Waals surface area contributed by atoms with E-state index in [1.807, 2.05) is 19.1 Å². The molecule has 0 bridgehead atoms. The summed E-state index contributed by atoms with van der Waals surface area (Å²) in [5.74, 6) is -1.48. The summed E-state index contributed by atoms with van der Waals surface area (Å²) in [4.78, 5) is 29.7. The van der Waals surface area contributed by atoms with Gasteiger partial charge in [-0.25, -0.2) is 0 Å². The number of rotatable bonds is 8. The highest BCUT2D eigenvalue weighted by atomic mass is 16.3. The first-order valence-corrected chi connectivity index (χ1v) is 10.7. The minimum absolute atomic E-state index is 0.0431. The first-order valence-electron chi connectivity index (χ1n) is 10.7. The number of amides is 1. The lowest BCUT2D eigenvalue weighted by molar-refractivity contribution is -0.140. The summed E-state index contributed by atoms with van der Waals surface area (Å²) >= 11 is 0. The number of aliphatic hydroxyl groups excluding tert-OH is 1. The lowest BCUT2D eigenvalue weighted by Crippen LogP contribution is -2.33. The molecule has 1 fully saturated rings. The standard InChI is InChI=1S/C25H30N2O4/c1-4-26(5-2)14-7-15-27-22(19-8-6-9-20(28)16-19)21(24(30)25(27)31)23(29)18-12-10-17(3)11-13-18/h6,8-13,16,22,28-29H,4-5,7,14-15H2,1-3H3. The molecular weight excluding hydrogens is 392 g/mol. The number of carbonyl (C=O) groups excluding carboxylic acids is 2. The molecule has 1 atom stereocenters. The van der Waals surface area contributed by atoms with E-state index in [9.17, 15) is 19.8 Å². The number of phenols is 1. The molecule has 0 radical (unpaired) electrons. The van der Waals surface area contributed by atoms with Crippen LogP contribution in [0.5, 0.6) is 5.75 Å². The molecule has 1 unspecified atom stereocenters. The highest BCUT2D eigenvalue weighted by Crippen LogP contribution is 2.40. The molecule has 3 rings (SSSR count). The molecule has 0 spiro atoms. The van der Waals surface area contributed by atoms with Crippen molar-refractivity contribution in [3.63, 3.8) is 0 Å². The van der Waals surface area contributed by atoms with Gasteiger partial charge in [-0.15, -0.1) is 0 Å². The predicted molar refractivity (Wildman–Crippen MR) is 121 cm³/mol. The topological polar surface area (TPSA) is 81.1 Å². The van der Waals surface area contributed by atoms with Crippen LogP contribution in [-0.4, -0.2) is 57.9 Å². The van der Waals surface area contributed by atoms with Gasteiger partial charge in [0.25, 0.3) is 11.7 Å². The van der Waals surface area contributed by atoms with Crippen LogP contribution in [0.2, 0.25) is 0 Å². The maximum absolute atomic E-state index is 13.0. The van der Waals surface area contributed by atoms with Crippen LogP contribution in [0.15, 0.2) is 54.1 Å². The fraction of sp³-hybridized carbons (Fsp3) is 0.360. The van der Waals surface area contributed by atoms with E-state index in [0.717, 1.165) is 25.2 Å². The number of likely N-dealkylation sites (tertiary alicyclic amines) is 1. The van der Waals surface area contributed by atoms with Gasteiger partial charge in [0.05, 0.1) is 11.6 Å². The largest absolute Gasteiger partial charge is 0.508 e. The van der Waals surface area contributed by atoms with E-state index in [-0.39, 0.29) is 17.1 Å². The van der Waals surface area contributed by atoms with Gasteiger partial charge in [-0.1, -0.05) is 55.8 Å². The van der Waals surface area contributed by atoms with Gasteiger partial charge in [0, 0.05) is 12.1 Å². The van der Waals surface area contributed by atoms with Crippen molar-refractivity contribution in [3.8, 4) is 5.75 Å². The Kier molecular flexibility index (Phi) is 7.13. The van der Waals surface area contributed by atoms with E-state index < -0.39 is 17.7 Å². The van der Waals surface area contributed by atoms with Crippen LogP contribution in [-0.2, 0) is 9.59 Å². The summed E-state index contributed by atoms with van der Waals surface area (Å²) < 4.78 is 0. The molecule has 1 heterocycles. The number of aliphatic hydroxyl groups is 1. The zero-order chi connectivity index (χ0) is 22.5. The van der Waals surface area contributed by atoms with Crippen LogP contribution < -0.4 is 0 Å². The van der Waals surface area contributed by atoms with Gasteiger partial charge in [-0.3, -0.25) is 9.59 Å². The second-order valence-corrected chi connectivity index (χ2v) is 7.83. The number of nitrogens with zero attached hydrogens (tertiary/aromatic N) is 2. The van der Waals surface area contributed by atoms with E-state index in [1.54, 1.807) is 24.3 Å². The Bertz CT molecular complexity index is 977. The molecule has 2 aromatic carbocycles. The highest BCUT2D eigenvalue weighted by molar-refractivity contribution is 6.46. The van der Waals surface area contributed by atoms with Crippen molar-refractivity contribution in [2.75, 3.05) is 26.2 Å². The third-order valence-electron chi connectivity index (χ3n) is 5.82. The van der Waals surface area contributed by atoms with E-state index in [0.29, 0.717) is 24.1 Å². The van der Waals surface area contributed by atoms with Crippen LogP contribution in [0.3, 0.4) is 0 Å². The van der Waals surface area contributed by atoms with E-state index in [2.05, 4.69) is 18.7 Å². The zero-order valence-corrected chi connectivity index (χ0v) is 18.3. The number of carbonyl (C=O) groups is 2. The van der Waals surface area contributed by atoms with Crippen molar-refractivity contribution >= 4 is 17.4 Å². The molecule has 0 aliphatic carbocycles. The molecule has 1 amide bonds. The summed E-state index contributed by atoms with van der Waals surface area (Å²) in [6.07, 6.45) is 0.703. The molecule has 2 N–H and O–H groups in total. The first kappa shape index (κ1) is 22.6. The number of benzene rings is 2. The molecule has 0 saturated carbocycles.